The number of halogens is 1. The van der Waals surface area contributed by atoms with Crippen LogP contribution in [0.15, 0.2) is 33.7 Å². The predicted octanol–water partition coefficient (Wildman–Crippen LogP) is 2.31. The Bertz CT molecular complexity index is 923. The SMILES string of the molecule is CCCc1noc(COC(=O)C2CCN(S(=O)(=O)c3ccccc3F)CC2)n1. The molecule has 28 heavy (non-hydrogen) atoms. The second-order valence-corrected chi connectivity index (χ2v) is 8.48. The van der Waals surface area contributed by atoms with Gasteiger partial charge in [-0.3, -0.25) is 4.79 Å². The molecular formula is C18H22FN3O5S. The van der Waals surface area contributed by atoms with Gasteiger partial charge in [0, 0.05) is 19.5 Å². The van der Waals surface area contributed by atoms with Gasteiger partial charge in [0.25, 0.3) is 5.89 Å². The molecule has 2 aromatic rings. The average molecular weight is 411 g/mol. The summed E-state index contributed by atoms with van der Waals surface area (Å²) < 4.78 is 50.5. The van der Waals surface area contributed by atoms with Crippen LogP contribution in [-0.2, 0) is 32.6 Å². The van der Waals surface area contributed by atoms with Gasteiger partial charge in [-0.1, -0.05) is 24.2 Å². The minimum Gasteiger partial charge on any atom is -0.455 e. The van der Waals surface area contributed by atoms with Gasteiger partial charge >= 0.3 is 5.97 Å². The normalized spacial score (nSPS) is 16.2. The van der Waals surface area contributed by atoms with Crippen LogP contribution in [0.2, 0.25) is 0 Å². The standard InChI is InChI=1S/C18H22FN3O5S/c1-2-5-16-20-17(27-21-16)12-26-18(23)13-8-10-22(11-9-13)28(24,25)15-7-4-3-6-14(15)19/h3-4,6-7,13H,2,5,8-12H2,1H3. The topological polar surface area (TPSA) is 103 Å². The smallest absolute Gasteiger partial charge is 0.309 e. The highest BCUT2D eigenvalue weighted by molar-refractivity contribution is 7.89. The summed E-state index contributed by atoms with van der Waals surface area (Å²) in [6, 6.07) is 5.26. The van der Waals surface area contributed by atoms with Crippen LogP contribution >= 0.6 is 0 Å². The van der Waals surface area contributed by atoms with Crippen LogP contribution in [0.5, 0.6) is 0 Å². The molecule has 0 aliphatic carbocycles. The highest BCUT2D eigenvalue weighted by Gasteiger charge is 2.34. The number of aryl methyl sites for hydroxylation is 1. The summed E-state index contributed by atoms with van der Waals surface area (Å²) >= 11 is 0. The number of carbonyl (C=O) groups is 1. The molecule has 152 valence electrons. The third kappa shape index (κ3) is 4.56. The van der Waals surface area contributed by atoms with E-state index in [1.807, 2.05) is 6.92 Å². The summed E-state index contributed by atoms with van der Waals surface area (Å²) in [6.07, 6.45) is 2.17. The monoisotopic (exact) mass is 411 g/mol. The van der Waals surface area contributed by atoms with Gasteiger partial charge in [0.2, 0.25) is 10.0 Å². The van der Waals surface area contributed by atoms with Crippen LogP contribution in [-0.4, -0.2) is 41.9 Å². The van der Waals surface area contributed by atoms with Gasteiger partial charge in [-0.2, -0.15) is 9.29 Å². The molecule has 10 heteroatoms. The fourth-order valence-corrected chi connectivity index (χ4v) is 4.58. The second kappa shape index (κ2) is 8.78. The van der Waals surface area contributed by atoms with Gasteiger partial charge in [-0.05, 0) is 31.4 Å². The molecule has 2 heterocycles. The molecule has 0 bridgehead atoms. The lowest BCUT2D eigenvalue weighted by atomic mass is 9.98. The third-order valence-corrected chi connectivity index (χ3v) is 6.50. The average Bonchev–Trinajstić information content (AvgIpc) is 3.14. The Hall–Kier alpha value is -2.33. The van der Waals surface area contributed by atoms with Gasteiger partial charge in [0.15, 0.2) is 12.4 Å². The number of hydrogen-bond donors (Lipinski definition) is 0. The fraction of sp³-hybridized carbons (Fsp3) is 0.500. The van der Waals surface area contributed by atoms with E-state index in [9.17, 15) is 17.6 Å². The highest BCUT2D eigenvalue weighted by Crippen LogP contribution is 2.26. The molecule has 0 saturated carbocycles. The van der Waals surface area contributed by atoms with E-state index in [2.05, 4.69) is 10.1 Å². The number of aromatic nitrogens is 2. The molecular weight excluding hydrogens is 389 g/mol. The molecule has 0 unspecified atom stereocenters. The minimum atomic E-state index is -3.93. The van der Waals surface area contributed by atoms with E-state index in [4.69, 9.17) is 9.26 Å². The molecule has 1 aromatic carbocycles. The zero-order valence-electron chi connectivity index (χ0n) is 15.5. The van der Waals surface area contributed by atoms with Crippen LogP contribution in [0.1, 0.15) is 37.9 Å². The first-order valence-electron chi connectivity index (χ1n) is 9.14. The molecule has 0 atom stereocenters. The van der Waals surface area contributed by atoms with Gasteiger partial charge in [0.05, 0.1) is 5.92 Å². The first-order chi connectivity index (χ1) is 13.4. The van der Waals surface area contributed by atoms with Gasteiger partial charge < -0.3 is 9.26 Å². The molecule has 0 N–H and O–H groups in total. The highest BCUT2D eigenvalue weighted by atomic mass is 32.2. The lowest BCUT2D eigenvalue weighted by molar-refractivity contribution is -0.152. The largest absolute Gasteiger partial charge is 0.455 e. The third-order valence-electron chi connectivity index (χ3n) is 4.56. The number of ether oxygens (including phenoxy) is 1. The van der Waals surface area contributed by atoms with Gasteiger partial charge in [-0.25, -0.2) is 12.8 Å². The van der Waals surface area contributed by atoms with E-state index >= 15 is 0 Å². The molecule has 1 fully saturated rings. The number of nitrogens with zero attached hydrogens (tertiary/aromatic N) is 3. The predicted molar refractivity (Wildman–Crippen MR) is 96.0 cm³/mol. The van der Waals surface area contributed by atoms with E-state index < -0.39 is 27.7 Å². The molecule has 0 radical (unpaired) electrons. The summed E-state index contributed by atoms with van der Waals surface area (Å²) in [7, 11) is -3.93. The summed E-state index contributed by atoms with van der Waals surface area (Å²) in [5.41, 5.74) is 0. The van der Waals surface area contributed by atoms with Crippen molar-refractivity contribution < 1.29 is 26.9 Å². The Morgan fingerprint density at radius 2 is 2.04 bits per heavy atom. The Morgan fingerprint density at radius 1 is 1.32 bits per heavy atom. The van der Waals surface area contributed by atoms with E-state index in [1.165, 1.54) is 22.5 Å². The van der Waals surface area contributed by atoms with Crippen molar-refractivity contribution >= 4 is 16.0 Å². The molecule has 0 amide bonds. The summed E-state index contributed by atoms with van der Waals surface area (Å²) in [4.78, 5) is 16.0. The Kier molecular flexibility index (Phi) is 6.40. The maximum atomic E-state index is 13.9. The number of esters is 1. The second-order valence-electron chi connectivity index (χ2n) is 6.57. The van der Waals surface area contributed by atoms with Crippen LogP contribution < -0.4 is 0 Å². The van der Waals surface area contributed by atoms with Crippen molar-refractivity contribution in [3.63, 3.8) is 0 Å². The Morgan fingerprint density at radius 3 is 2.71 bits per heavy atom. The molecule has 1 aliphatic heterocycles. The lowest BCUT2D eigenvalue weighted by Crippen LogP contribution is -2.40. The quantitative estimate of drug-likeness (QED) is 0.644. The molecule has 8 nitrogen and oxygen atoms in total. The summed E-state index contributed by atoms with van der Waals surface area (Å²) in [5, 5.41) is 3.79. The maximum Gasteiger partial charge on any atom is 0.309 e. The van der Waals surface area contributed by atoms with Crippen LogP contribution in [0.3, 0.4) is 0 Å². The Balaban J connectivity index is 1.53. The molecule has 0 spiro atoms. The van der Waals surface area contributed by atoms with E-state index in [0.29, 0.717) is 25.1 Å². The van der Waals surface area contributed by atoms with Crippen molar-refractivity contribution in [2.75, 3.05) is 13.1 Å². The van der Waals surface area contributed by atoms with Crippen molar-refractivity contribution in [1.82, 2.24) is 14.4 Å². The van der Waals surface area contributed by atoms with Crippen LogP contribution in [0.25, 0.3) is 0 Å². The maximum absolute atomic E-state index is 13.9. The minimum absolute atomic E-state index is 0.108. The first-order valence-corrected chi connectivity index (χ1v) is 10.6. The van der Waals surface area contributed by atoms with E-state index in [1.54, 1.807) is 0 Å². The van der Waals surface area contributed by atoms with Crippen molar-refractivity contribution in [2.45, 2.75) is 44.1 Å². The van der Waals surface area contributed by atoms with Crippen LogP contribution in [0.4, 0.5) is 4.39 Å². The zero-order chi connectivity index (χ0) is 20.1. The van der Waals surface area contributed by atoms with Crippen molar-refractivity contribution in [3.8, 4) is 0 Å². The van der Waals surface area contributed by atoms with Gasteiger partial charge in [-0.15, -0.1) is 0 Å². The molecule has 1 aromatic heterocycles. The van der Waals surface area contributed by atoms with E-state index in [0.717, 1.165) is 12.5 Å². The number of hydrogen-bond acceptors (Lipinski definition) is 7. The van der Waals surface area contributed by atoms with Crippen LogP contribution in [0, 0.1) is 11.7 Å². The number of rotatable bonds is 7. The number of benzene rings is 1. The first kappa shape index (κ1) is 20.4. The van der Waals surface area contributed by atoms with E-state index in [-0.39, 0.29) is 30.5 Å². The lowest BCUT2D eigenvalue weighted by Gasteiger charge is -2.30. The molecule has 1 saturated heterocycles. The number of carbonyl (C=O) groups excluding carboxylic acids is 1. The fourth-order valence-electron chi connectivity index (χ4n) is 3.05. The van der Waals surface area contributed by atoms with Crippen molar-refractivity contribution in [2.24, 2.45) is 5.92 Å². The van der Waals surface area contributed by atoms with Gasteiger partial charge in [0.1, 0.15) is 10.7 Å². The zero-order valence-corrected chi connectivity index (χ0v) is 16.3. The van der Waals surface area contributed by atoms with Crippen molar-refractivity contribution in [1.29, 1.82) is 0 Å². The number of piperidine rings is 1. The van der Waals surface area contributed by atoms with Crippen molar-refractivity contribution in [3.05, 3.63) is 41.8 Å². The number of sulfonamides is 1. The Labute approximate surface area is 162 Å². The summed E-state index contributed by atoms with van der Waals surface area (Å²) in [5.74, 6) is -0.842. The molecule has 1 aliphatic rings. The summed E-state index contributed by atoms with van der Waals surface area (Å²) in [6.45, 7) is 2.13. The molecule has 3 rings (SSSR count).